The van der Waals surface area contributed by atoms with Crippen molar-refractivity contribution in [2.45, 2.75) is 6.10 Å². The van der Waals surface area contributed by atoms with Crippen LogP contribution in [0.3, 0.4) is 0 Å². The second-order valence-electron chi connectivity index (χ2n) is 5.55. The Hall–Kier alpha value is -3.18. The van der Waals surface area contributed by atoms with Gasteiger partial charge in [0.1, 0.15) is 0 Å². The number of benzene rings is 1. The number of imidazole rings is 1. The van der Waals surface area contributed by atoms with Gasteiger partial charge in [0.15, 0.2) is 11.2 Å². The Labute approximate surface area is 137 Å². The number of anilines is 1. The zero-order chi connectivity index (χ0) is 17.3. The number of aliphatic hydroxyl groups excluding tert-OH is 1. The number of rotatable bonds is 4. The molecule has 0 radical (unpaired) electrons. The molecule has 2 heterocycles. The summed E-state index contributed by atoms with van der Waals surface area (Å²) in [4.78, 5) is 24.9. The molecule has 0 aliphatic heterocycles. The molecule has 8 nitrogen and oxygen atoms in total. The molecule has 0 fully saturated rings. The quantitative estimate of drug-likeness (QED) is 0.731. The number of aromatic amines is 1. The fourth-order valence-electron chi connectivity index (χ4n) is 2.50. The van der Waals surface area contributed by atoms with Crippen molar-refractivity contribution in [3.8, 4) is 6.07 Å². The highest BCUT2D eigenvalue weighted by Gasteiger charge is 2.15. The van der Waals surface area contributed by atoms with Gasteiger partial charge in [-0.25, -0.2) is 4.98 Å². The first-order chi connectivity index (χ1) is 11.5. The molecule has 2 aromatic heterocycles. The Morgan fingerprint density at radius 3 is 3.04 bits per heavy atom. The number of likely N-dealkylation sites (N-methyl/N-ethyl adjacent to an activating group) is 1. The van der Waals surface area contributed by atoms with Gasteiger partial charge in [0, 0.05) is 14.1 Å². The molecule has 0 spiro atoms. The average molecular weight is 324 g/mol. The summed E-state index contributed by atoms with van der Waals surface area (Å²) in [5, 5.41) is 19.3. The maximum absolute atomic E-state index is 12.1. The third kappa shape index (κ3) is 2.85. The first kappa shape index (κ1) is 15.7. The number of aromatic nitrogens is 4. The summed E-state index contributed by atoms with van der Waals surface area (Å²) >= 11 is 0. The average Bonchev–Trinajstić information content (AvgIpc) is 2.96. The van der Waals surface area contributed by atoms with E-state index in [9.17, 15) is 9.90 Å². The molecule has 24 heavy (non-hydrogen) atoms. The molecular formula is C16H16N6O2. The largest absolute Gasteiger partial charge is 0.387 e. The number of nitrogens with one attached hydrogen (secondary N) is 1. The maximum atomic E-state index is 12.1. The third-order valence-corrected chi connectivity index (χ3v) is 3.78. The molecule has 3 aromatic rings. The Balaban J connectivity index is 1.85. The van der Waals surface area contributed by atoms with Crippen LogP contribution in [0.5, 0.6) is 0 Å². The lowest BCUT2D eigenvalue weighted by Crippen LogP contribution is -2.28. The summed E-state index contributed by atoms with van der Waals surface area (Å²) in [6, 6.07) is 8.82. The monoisotopic (exact) mass is 324 g/mol. The van der Waals surface area contributed by atoms with Crippen molar-refractivity contribution >= 4 is 17.1 Å². The molecule has 0 aliphatic carbocycles. The van der Waals surface area contributed by atoms with Crippen LogP contribution in [0.25, 0.3) is 11.2 Å². The number of H-pyrrole nitrogens is 1. The van der Waals surface area contributed by atoms with E-state index >= 15 is 0 Å². The van der Waals surface area contributed by atoms with Crippen molar-refractivity contribution < 1.29 is 5.11 Å². The van der Waals surface area contributed by atoms with Crippen LogP contribution in [0, 0.1) is 11.3 Å². The Morgan fingerprint density at radius 2 is 2.29 bits per heavy atom. The highest BCUT2D eigenvalue weighted by Crippen LogP contribution is 2.17. The number of aryl methyl sites for hydroxylation is 1. The molecule has 0 amide bonds. The van der Waals surface area contributed by atoms with E-state index in [-0.39, 0.29) is 12.1 Å². The highest BCUT2D eigenvalue weighted by molar-refractivity contribution is 5.70. The van der Waals surface area contributed by atoms with Gasteiger partial charge >= 0.3 is 0 Å². The van der Waals surface area contributed by atoms with Crippen LogP contribution in [0.2, 0.25) is 0 Å². The van der Waals surface area contributed by atoms with E-state index in [1.54, 1.807) is 47.8 Å². The van der Waals surface area contributed by atoms with Crippen LogP contribution in [0.15, 0.2) is 35.4 Å². The number of nitriles is 1. The Kier molecular flexibility index (Phi) is 4.02. The van der Waals surface area contributed by atoms with E-state index in [4.69, 9.17) is 5.26 Å². The van der Waals surface area contributed by atoms with Gasteiger partial charge in [0.2, 0.25) is 5.95 Å². The van der Waals surface area contributed by atoms with E-state index in [1.165, 1.54) is 6.33 Å². The van der Waals surface area contributed by atoms with E-state index in [2.05, 4.69) is 15.0 Å². The standard InChI is InChI=1S/C16H16N6O2/c1-21(8-12(23)11-5-3-4-10(6-11)7-17)16-19-14-13(15(24)20-16)22(2)9-18-14/h3-6,9,12,23H,8H2,1-2H3,(H,19,20,24). The van der Waals surface area contributed by atoms with Gasteiger partial charge in [0.25, 0.3) is 5.56 Å². The van der Waals surface area contributed by atoms with E-state index < -0.39 is 6.10 Å². The lowest BCUT2D eigenvalue weighted by atomic mass is 10.1. The number of aliphatic hydroxyl groups is 1. The second kappa shape index (κ2) is 6.14. The Bertz CT molecular complexity index is 984. The van der Waals surface area contributed by atoms with Gasteiger partial charge in [0.05, 0.1) is 30.6 Å². The van der Waals surface area contributed by atoms with Crippen molar-refractivity contribution in [2.75, 3.05) is 18.5 Å². The van der Waals surface area contributed by atoms with Crippen LogP contribution < -0.4 is 10.5 Å². The summed E-state index contributed by atoms with van der Waals surface area (Å²) < 4.78 is 1.60. The lowest BCUT2D eigenvalue weighted by molar-refractivity contribution is 0.184. The topological polar surface area (TPSA) is 111 Å². The van der Waals surface area contributed by atoms with Crippen LogP contribution in [-0.2, 0) is 7.05 Å². The van der Waals surface area contributed by atoms with E-state index in [1.807, 2.05) is 6.07 Å². The minimum atomic E-state index is -0.826. The fraction of sp³-hybridized carbons (Fsp3) is 0.250. The fourth-order valence-corrected chi connectivity index (χ4v) is 2.50. The molecule has 1 aromatic carbocycles. The van der Waals surface area contributed by atoms with Crippen molar-refractivity contribution in [1.29, 1.82) is 5.26 Å². The first-order valence-electron chi connectivity index (χ1n) is 7.30. The van der Waals surface area contributed by atoms with Crippen LogP contribution in [-0.4, -0.2) is 38.2 Å². The lowest BCUT2D eigenvalue weighted by Gasteiger charge is -2.21. The Morgan fingerprint density at radius 1 is 1.50 bits per heavy atom. The SMILES string of the molecule is CN(CC(O)c1cccc(C#N)c1)c1nc2ncn(C)c2c(=O)[nH]1. The normalized spacial score (nSPS) is 12.1. The first-order valence-corrected chi connectivity index (χ1v) is 7.30. The number of fused-ring (bicyclic) bond motifs is 1. The molecule has 0 bridgehead atoms. The summed E-state index contributed by atoms with van der Waals surface area (Å²) in [7, 11) is 3.44. The summed E-state index contributed by atoms with van der Waals surface area (Å²) in [6.07, 6.45) is 0.701. The predicted octanol–water partition coefficient (Wildman–Crippen LogP) is 0.698. The molecule has 1 atom stereocenters. The van der Waals surface area contributed by atoms with Crippen molar-refractivity contribution in [2.24, 2.45) is 7.05 Å². The smallest absolute Gasteiger partial charge is 0.278 e. The molecule has 1 unspecified atom stereocenters. The second-order valence-corrected chi connectivity index (χ2v) is 5.55. The highest BCUT2D eigenvalue weighted by atomic mass is 16.3. The zero-order valence-corrected chi connectivity index (χ0v) is 13.3. The van der Waals surface area contributed by atoms with Crippen molar-refractivity contribution in [3.63, 3.8) is 0 Å². The van der Waals surface area contributed by atoms with Gasteiger partial charge in [-0.2, -0.15) is 10.2 Å². The summed E-state index contributed by atoms with van der Waals surface area (Å²) in [5.74, 6) is 0.321. The van der Waals surface area contributed by atoms with Gasteiger partial charge in [-0.15, -0.1) is 0 Å². The number of hydrogen-bond donors (Lipinski definition) is 2. The van der Waals surface area contributed by atoms with Gasteiger partial charge in [-0.05, 0) is 17.7 Å². The van der Waals surface area contributed by atoms with Crippen molar-refractivity contribution in [3.05, 3.63) is 52.1 Å². The molecule has 0 saturated carbocycles. The number of hydrogen-bond acceptors (Lipinski definition) is 6. The zero-order valence-electron chi connectivity index (χ0n) is 13.3. The third-order valence-electron chi connectivity index (χ3n) is 3.78. The van der Waals surface area contributed by atoms with Gasteiger partial charge in [-0.1, -0.05) is 12.1 Å². The maximum Gasteiger partial charge on any atom is 0.278 e. The van der Waals surface area contributed by atoms with Crippen LogP contribution in [0.1, 0.15) is 17.2 Å². The molecule has 2 N–H and O–H groups in total. The molecule has 3 rings (SSSR count). The molecule has 0 saturated heterocycles. The minimum Gasteiger partial charge on any atom is -0.387 e. The molecular weight excluding hydrogens is 308 g/mol. The summed E-state index contributed by atoms with van der Waals surface area (Å²) in [6.45, 7) is 0.205. The summed E-state index contributed by atoms with van der Waals surface area (Å²) in [5.41, 5.74) is 1.57. The molecule has 8 heteroatoms. The van der Waals surface area contributed by atoms with E-state index in [0.717, 1.165) is 0 Å². The minimum absolute atomic E-state index is 0.205. The van der Waals surface area contributed by atoms with Gasteiger partial charge < -0.3 is 14.6 Å². The number of nitrogens with zero attached hydrogens (tertiary/aromatic N) is 5. The van der Waals surface area contributed by atoms with Gasteiger partial charge in [-0.3, -0.25) is 9.78 Å². The predicted molar refractivity (Wildman–Crippen MR) is 88.5 cm³/mol. The molecule has 0 aliphatic rings. The van der Waals surface area contributed by atoms with E-state index in [0.29, 0.717) is 28.2 Å². The molecule has 122 valence electrons. The van der Waals surface area contributed by atoms with Crippen LogP contribution in [0.4, 0.5) is 5.95 Å². The van der Waals surface area contributed by atoms with Crippen LogP contribution >= 0.6 is 0 Å². The van der Waals surface area contributed by atoms with Crippen molar-refractivity contribution in [1.82, 2.24) is 19.5 Å².